The smallest absolute Gasteiger partial charge is 0.225 e. The Morgan fingerprint density at radius 1 is 1.06 bits per heavy atom. The molecule has 1 saturated heterocycles. The van der Waals surface area contributed by atoms with E-state index in [9.17, 15) is 9.90 Å². The van der Waals surface area contributed by atoms with Crippen LogP contribution in [0.15, 0.2) is 0 Å². The van der Waals surface area contributed by atoms with Crippen LogP contribution in [0, 0.1) is 11.8 Å². The first-order valence-electron chi connectivity index (χ1n) is 6.63. The quantitative estimate of drug-likeness (QED) is 0.739. The summed E-state index contributed by atoms with van der Waals surface area (Å²) < 4.78 is 0. The van der Waals surface area contributed by atoms with Crippen molar-refractivity contribution in [3.8, 4) is 0 Å². The van der Waals surface area contributed by atoms with Gasteiger partial charge in [-0.1, -0.05) is 6.92 Å². The van der Waals surface area contributed by atoms with E-state index in [4.69, 9.17) is 0 Å². The summed E-state index contributed by atoms with van der Waals surface area (Å²) in [6, 6.07) is 0. The van der Waals surface area contributed by atoms with Gasteiger partial charge in [0.1, 0.15) is 0 Å². The average Bonchev–Trinajstić information content (AvgIpc) is 2.30. The summed E-state index contributed by atoms with van der Waals surface area (Å²) in [5, 5.41) is 9.43. The maximum absolute atomic E-state index is 12.2. The number of aliphatic hydroxyl groups is 1. The van der Waals surface area contributed by atoms with Crippen LogP contribution in [0.4, 0.5) is 0 Å². The van der Waals surface area contributed by atoms with Gasteiger partial charge in [0.15, 0.2) is 0 Å². The first-order valence-corrected chi connectivity index (χ1v) is 6.63. The standard InChI is InChI=1S/C13H23NO2/c1-10-6-8-14(9-7-10)13(16)11-2-4-12(15)5-3-11/h10-12,15H,2-9H2,1H3. The number of hydrogen-bond acceptors (Lipinski definition) is 2. The Bertz CT molecular complexity index is 214. The third-order valence-corrected chi connectivity index (χ3v) is 4.14. The number of carbonyl (C=O) groups is 1. The Morgan fingerprint density at radius 2 is 1.62 bits per heavy atom. The second kappa shape index (κ2) is 5.17. The van der Waals surface area contributed by atoms with E-state index >= 15 is 0 Å². The molecular formula is C13H23NO2. The molecule has 1 saturated carbocycles. The van der Waals surface area contributed by atoms with Gasteiger partial charge in [-0.2, -0.15) is 0 Å². The molecule has 0 aromatic rings. The van der Waals surface area contributed by atoms with Crippen LogP contribution < -0.4 is 0 Å². The summed E-state index contributed by atoms with van der Waals surface area (Å²) in [5.41, 5.74) is 0. The second-order valence-corrected chi connectivity index (χ2v) is 5.51. The fraction of sp³-hybridized carbons (Fsp3) is 0.923. The highest BCUT2D eigenvalue weighted by atomic mass is 16.3. The molecule has 2 aliphatic rings. The number of piperidine rings is 1. The molecule has 1 heterocycles. The topological polar surface area (TPSA) is 40.5 Å². The normalized spacial score (nSPS) is 32.8. The van der Waals surface area contributed by atoms with Gasteiger partial charge in [-0.15, -0.1) is 0 Å². The SMILES string of the molecule is CC1CCN(C(=O)C2CCC(O)CC2)CC1. The lowest BCUT2D eigenvalue weighted by molar-refractivity contribution is -0.138. The highest BCUT2D eigenvalue weighted by Gasteiger charge is 2.30. The van der Waals surface area contributed by atoms with Gasteiger partial charge in [0.2, 0.25) is 5.91 Å². The van der Waals surface area contributed by atoms with E-state index < -0.39 is 0 Å². The second-order valence-electron chi connectivity index (χ2n) is 5.51. The van der Waals surface area contributed by atoms with Crippen LogP contribution in [0.3, 0.4) is 0 Å². The van der Waals surface area contributed by atoms with Crippen LogP contribution in [0.25, 0.3) is 0 Å². The lowest BCUT2D eigenvalue weighted by Crippen LogP contribution is -2.42. The number of aliphatic hydroxyl groups excluding tert-OH is 1. The van der Waals surface area contributed by atoms with Crippen molar-refractivity contribution in [3.63, 3.8) is 0 Å². The molecule has 1 aliphatic carbocycles. The fourth-order valence-electron chi connectivity index (χ4n) is 2.81. The van der Waals surface area contributed by atoms with Crippen molar-refractivity contribution in [1.29, 1.82) is 0 Å². The molecule has 0 spiro atoms. The Balaban J connectivity index is 1.83. The number of likely N-dealkylation sites (tertiary alicyclic amines) is 1. The van der Waals surface area contributed by atoms with Crippen molar-refractivity contribution in [3.05, 3.63) is 0 Å². The minimum atomic E-state index is -0.162. The van der Waals surface area contributed by atoms with Crippen molar-refractivity contribution in [2.24, 2.45) is 11.8 Å². The molecular weight excluding hydrogens is 202 g/mol. The predicted octanol–water partition coefficient (Wildman–Crippen LogP) is 1.80. The number of nitrogens with zero attached hydrogens (tertiary/aromatic N) is 1. The van der Waals surface area contributed by atoms with Gasteiger partial charge in [-0.05, 0) is 44.4 Å². The zero-order chi connectivity index (χ0) is 11.5. The Kier molecular flexibility index (Phi) is 3.85. The zero-order valence-corrected chi connectivity index (χ0v) is 10.2. The molecule has 0 aromatic heterocycles. The van der Waals surface area contributed by atoms with Crippen molar-refractivity contribution in [1.82, 2.24) is 4.90 Å². The summed E-state index contributed by atoms with van der Waals surface area (Å²) >= 11 is 0. The van der Waals surface area contributed by atoms with Crippen LogP contribution in [-0.2, 0) is 4.79 Å². The first kappa shape index (κ1) is 11.9. The third kappa shape index (κ3) is 2.76. The minimum Gasteiger partial charge on any atom is -0.393 e. The van der Waals surface area contributed by atoms with Crippen molar-refractivity contribution >= 4 is 5.91 Å². The van der Waals surface area contributed by atoms with E-state index in [2.05, 4.69) is 6.92 Å². The molecule has 92 valence electrons. The Hall–Kier alpha value is -0.570. The molecule has 16 heavy (non-hydrogen) atoms. The summed E-state index contributed by atoms with van der Waals surface area (Å²) in [7, 11) is 0. The molecule has 1 aliphatic heterocycles. The molecule has 3 heteroatoms. The number of amides is 1. The third-order valence-electron chi connectivity index (χ3n) is 4.14. The van der Waals surface area contributed by atoms with Gasteiger partial charge in [0, 0.05) is 19.0 Å². The highest BCUT2D eigenvalue weighted by Crippen LogP contribution is 2.27. The Labute approximate surface area is 97.8 Å². The van der Waals surface area contributed by atoms with Crippen molar-refractivity contribution in [2.75, 3.05) is 13.1 Å². The molecule has 2 rings (SSSR count). The molecule has 0 bridgehead atoms. The van der Waals surface area contributed by atoms with E-state index in [1.54, 1.807) is 0 Å². The van der Waals surface area contributed by atoms with Gasteiger partial charge >= 0.3 is 0 Å². The van der Waals surface area contributed by atoms with E-state index in [-0.39, 0.29) is 12.0 Å². The van der Waals surface area contributed by atoms with Gasteiger partial charge in [-0.3, -0.25) is 4.79 Å². The van der Waals surface area contributed by atoms with Crippen LogP contribution >= 0.6 is 0 Å². The maximum Gasteiger partial charge on any atom is 0.225 e. The number of carbonyl (C=O) groups excluding carboxylic acids is 1. The van der Waals surface area contributed by atoms with E-state index in [0.29, 0.717) is 5.91 Å². The summed E-state index contributed by atoms with van der Waals surface area (Å²) in [6.45, 7) is 4.15. The summed E-state index contributed by atoms with van der Waals surface area (Å²) in [6.07, 6.45) is 5.52. The van der Waals surface area contributed by atoms with Gasteiger partial charge in [0.05, 0.1) is 6.10 Å². The molecule has 0 unspecified atom stereocenters. The zero-order valence-electron chi connectivity index (χ0n) is 10.2. The maximum atomic E-state index is 12.2. The molecule has 2 fully saturated rings. The van der Waals surface area contributed by atoms with Gasteiger partial charge in [-0.25, -0.2) is 0 Å². The monoisotopic (exact) mass is 225 g/mol. The van der Waals surface area contributed by atoms with E-state index in [1.165, 1.54) is 0 Å². The predicted molar refractivity (Wildman–Crippen MR) is 62.9 cm³/mol. The molecule has 1 amide bonds. The van der Waals surface area contributed by atoms with Crippen LogP contribution in [0.2, 0.25) is 0 Å². The van der Waals surface area contributed by atoms with Crippen LogP contribution in [0.5, 0.6) is 0 Å². The number of hydrogen-bond donors (Lipinski definition) is 1. The molecule has 0 radical (unpaired) electrons. The lowest BCUT2D eigenvalue weighted by Gasteiger charge is -2.34. The van der Waals surface area contributed by atoms with Crippen LogP contribution in [-0.4, -0.2) is 35.1 Å². The lowest BCUT2D eigenvalue weighted by atomic mass is 9.86. The average molecular weight is 225 g/mol. The Morgan fingerprint density at radius 3 is 2.19 bits per heavy atom. The summed E-state index contributed by atoms with van der Waals surface area (Å²) in [4.78, 5) is 14.3. The first-order chi connectivity index (χ1) is 7.66. The molecule has 0 aromatic carbocycles. The van der Waals surface area contributed by atoms with Gasteiger partial charge in [0.25, 0.3) is 0 Å². The largest absolute Gasteiger partial charge is 0.393 e. The van der Waals surface area contributed by atoms with Gasteiger partial charge < -0.3 is 10.0 Å². The molecule has 0 atom stereocenters. The number of rotatable bonds is 1. The summed E-state index contributed by atoms with van der Waals surface area (Å²) in [5.74, 6) is 1.31. The van der Waals surface area contributed by atoms with Crippen LogP contribution in [0.1, 0.15) is 45.4 Å². The molecule has 1 N–H and O–H groups in total. The molecule has 3 nitrogen and oxygen atoms in total. The van der Waals surface area contributed by atoms with E-state index in [0.717, 1.165) is 57.5 Å². The minimum absolute atomic E-state index is 0.162. The van der Waals surface area contributed by atoms with E-state index in [1.807, 2.05) is 4.90 Å². The van der Waals surface area contributed by atoms with Crippen molar-refractivity contribution in [2.45, 2.75) is 51.6 Å². The highest BCUT2D eigenvalue weighted by molar-refractivity contribution is 5.79. The van der Waals surface area contributed by atoms with Crippen molar-refractivity contribution < 1.29 is 9.90 Å². The fourth-order valence-corrected chi connectivity index (χ4v) is 2.81.